The second kappa shape index (κ2) is 7.25. The van der Waals surface area contributed by atoms with Gasteiger partial charge in [0.05, 0.1) is 5.92 Å². The monoisotopic (exact) mass is 323 g/mol. The predicted molar refractivity (Wildman–Crippen MR) is 92.4 cm³/mol. The summed E-state index contributed by atoms with van der Waals surface area (Å²) in [5.41, 5.74) is 3.04. The molecule has 1 aromatic carbocycles. The van der Waals surface area contributed by atoms with Crippen LogP contribution in [0.4, 0.5) is 5.69 Å². The van der Waals surface area contributed by atoms with Crippen molar-refractivity contribution in [2.45, 2.75) is 26.3 Å². The zero-order valence-corrected chi connectivity index (χ0v) is 13.7. The summed E-state index contributed by atoms with van der Waals surface area (Å²) < 4.78 is 0. The molecule has 1 saturated heterocycles. The van der Waals surface area contributed by atoms with Gasteiger partial charge in [-0.05, 0) is 35.7 Å². The Balaban J connectivity index is 1.60. The first-order valence-corrected chi connectivity index (χ1v) is 8.23. The van der Waals surface area contributed by atoms with Gasteiger partial charge in [0.1, 0.15) is 0 Å². The molecule has 1 fully saturated rings. The average molecular weight is 323 g/mol. The summed E-state index contributed by atoms with van der Waals surface area (Å²) >= 11 is 0. The predicted octanol–water partition coefficient (Wildman–Crippen LogP) is 2.31. The summed E-state index contributed by atoms with van der Waals surface area (Å²) in [5.74, 6) is -0.388. The number of nitrogens with one attached hydrogen (secondary N) is 1. The third-order valence-corrected chi connectivity index (χ3v) is 4.34. The van der Waals surface area contributed by atoms with Crippen molar-refractivity contribution in [1.29, 1.82) is 0 Å². The van der Waals surface area contributed by atoms with Crippen LogP contribution in [-0.2, 0) is 22.6 Å². The number of amides is 2. The Labute approximate surface area is 141 Å². The third-order valence-electron chi connectivity index (χ3n) is 4.34. The maximum absolute atomic E-state index is 12.3. The molecular weight excluding hydrogens is 302 g/mol. The van der Waals surface area contributed by atoms with Gasteiger partial charge in [0.25, 0.3) is 0 Å². The van der Waals surface area contributed by atoms with E-state index in [0.717, 1.165) is 17.7 Å². The largest absolute Gasteiger partial charge is 0.352 e. The number of carbonyl (C=O) groups excluding carboxylic acids is 2. The summed E-state index contributed by atoms with van der Waals surface area (Å²) in [6.45, 7) is 2.96. The highest BCUT2D eigenvalue weighted by atomic mass is 16.2. The maximum Gasteiger partial charge on any atom is 0.227 e. The van der Waals surface area contributed by atoms with Crippen molar-refractivity contribution >= 4 is 17.5 Å². The minimum absolute atomic E-state index is 0.000719. The van der Waals surface area contributed by atoms with E-state index in [4.69, 9.17) is 0 Å². The number of anilines is 1. The average Bonchev–Trinajstić information content (AvgIpc) is 3.02. The van der Waals surface area contributed by atoms with Gasteiger partial charge in [0, 0.05) is 37.6 Å². The molecule has 1 atom stereocenters. The van der Waals surface area contributed by atoms with Crippen molar-refractivity contribution in [1.82, 2.24) is 10.3 Å². The Morgan fingerprint density at radius 2 is 2.04 bits per heavy atom. The third kappa shape index (κ3) is 3.62. The minimum Gasteiger partial charge on any atom is -0.352 e. The van der Waals surface area contributed by atoms with Crippen LogP contribution in [0.5, 0.6) is 0 Å². The number of nitrogens with zero attached hydrogens (tertiary/aromatic N) is 2. The van der Waals surface area contributed by atoms with Crippen LogP contribution in [0.3, 0.4) is 0 Å². The molecule has 0 spiro atoms. The van der Waals surface area contributed by atoms with Crippen LogP contribution in [0, 0.1) is 5.92 Å². The summed E-state index contributed by atoms with van der Waals surface area (Å²) in [5, 5.41) is 2.89. The highest BCUT2D eigenvalue weighted by molar-refractivity contribution is 6.00. The van der Waals surface area contributed by atoms with E-state index in [2.05, 4.69) is 17.2 Å². The van der Waals surface area contributed by atoms with Crippen LogP contribution in [-0.4, -0.2) is 23.3 Å². The smallest absolute Gasteiger partial charge is 0.227 e. The lowest BCUT2D eigenvalue weighted by molar-refractivity contribution is -0.126. The molecule has 3 rings (SSSR count). The topological polar surface area (TPSA) is 62.3 Å². The normalized spacial score (nSPS) is 17.1. The fraction of sp³-hybridized carbons (Fsp3) is 0.316. The molecule has 24 heavy (non-hydrogen) atoms. The molecule has 1 aliphatic rings. The van der Waals surface area contributed by atoms with E-state index in [1.807, 2.05) is 36.4 Å². The quantitative estimate of drug-likeness (QED) is 0.918. The molecule has 124 valence electrons. The second-order valence-electron chi connectivity index (χ2n) is 6.00. The molecular formula is C19H21N3O2. The van der Waals surface area contributed by atoms with Gasteiger partial charge in [0.15, 0.2) is 0 Å². The second-order valence-corrected chi connectivity index (χ2v) is 6.00. The molecule has 0 saturated carbocycles. The van der Waals surface area contributed by atoms with Crippen molar-refractivity contribution in [2.75, 3.05) is 11.4 Å². The van der Waals surface area contributed by atoms with Crippen LogP contribution in [0.1, 0.15) is 24.5 Å². The van der Waals surface area contributed by atoms with Gasteiger partial charge in [-0.3, -0.25) is 14.6 Å². The van der Waals surface area contributed by atoms with E-state index in [1.165, 1.54) is 5.56 Å². The molecule has 5 nitrogen and oxygen atoms in total. The zero-order valence-electron chi connectivity index (χ0n) is 13.7. The SMILES string of the molecule is CCc1ccc(N2C[C@@H](C(=O)NCc3cccnc3)CC2=O)cc1. The van der Waals surface area contributed by atoms with Gasteiger partial charge < -0.3 is 10.2 Å². The minimum atomic E-state index is -0.306. The number of rotatable bonds is 5. The molecule has 0 bridgehead atoms. The Kier molecular flexibility index (Phi) is 4.89. The number of pyridine rings is 1. The molecule has 2 heterocycles. The number of hydrogen-bond acceptors (Lipinski definition) is 3. The lowest BCUT2D eigenvalue weighted by Crippen LogP contribution is -2.32. The molecule has 5 heteroatoms. The van der Waals surface area contributed by atoms with Crippen molar-refractivity contribution in [3.05, 3.63) is 59.9 Å². The summed E-state index contributed by atoms with van der Waals surface area (Å²) in [4.78, 5) is 30.3. The molecule has 1 aliphatic heterocycles. The van der Waals surface area contributed by atoms with Crippen LogP contribution in [0.15, 0.2) is 48.8 Å². The van der Waals surface area contributed by atoms with Crippen LogP contribution < -0.4 is 10.2 Å². The standard InChI is InChI=1S/C19H21N3O2/c1-2-14-5-7-17(8-6-14)22-13-16(10-18(22)23)19(24)21-12-15-4-3-9-20-11-15/h3-9,11,16H,2,10,12-13H2,1H3,(H,21,24)/t16-/m0/s1. The number of hydrogen-bond donors (Lipinski definition) is 1. The maximum atomic E-state index is 12.3. The lowest BCUT2D eigenvalue weighted by Gasteiger charge is -2.17. The molecule has 0 radical (unpaired) electrons. The van der Waals surface area contributed by atoms with Crippen molar-refractivity contribution in [2.24, 2.45) is 5.92 Å². The molecule has 1 N–H and O–H groups in total. The number of aryl methyl sites for hydroxylation is 1. The van der Waals surface area contributed by atoms with Gasteiger partial charge in [-0.25, -0.2) is 0 Å². The van der Waals surface area contributed by atoms with E-state index in [-0.39, 0.29) is 24.2 Å². The first-order valence-electron chi connectivity index (χ1n) is 8.23. The van der Waals surface area contributed by atoms with E-state index in [1.54, 1.807) is 17.3 Å². The molecule has 2 amide bonds. The summed E-state index contributed by atoms with van der Waals surface area (Å²) in [6.07, 6.45) is 4.65. The van der Waals surface area contributed by atoms with Crippen molar-refractivity contribution in [3.63, 3.8) is 0 Å². The van der Waals surface area contributed by atoms with E-state index in [0.29, 0.717) is 13.1 Å². The van der Waals surface area contributed by atoms with Gasteiger partial charge in [-0.15, -0.1) is 0 Å². The Hall–Kier alpha value is -2.69. The Morgan fingerprint density at radius 3 is 2.71 bits per heavy atom. The highest BCUT2D eigenvalue weighted by Gasteiger charge is 2.34. The van der Waals surface area contributed by atoms with Crippen LogP contribution in [0.25, 0.3) is 0 Å². The van der Waals surface area contributed by atoms with Crippen molar-refractivity contribution < 1.29 is 9.59 Å². The molecule has 1 aromatic heterocycles. The first kappa shape index (κ1) is 16.2. The summed E-state index contributed by atoms with van der Waals surface area (Å²) in [6, 6.07) is 11.7. The fourth-order valence-electron chi connectivity index (χ4n) is 2.88. The van der Waals surface area contributed by atoms with Crippen LogP contribution >= 0.6 is 0 Å². The number of carbonyl (C=O) groups is 2. The molecule has 0 unspecified atom stereocenters. The lowest BCUT2D eigenvalue weighted by atomic mass is 10.1. The summed E-state index contributed by atoms with van der Waals surface area (Å²) in [7, 11) is 0. The molecule has 2 aromatic rings. The Bertz CT molecular complexity index is 713. The molecule has 0 aliphatic carbocycles. The highest BCUT2D eigenvalue weighted by Crippen LogP contribution is 2.25. The van der Waals surface area contributed by atoms with E-state index in [9.17, 15) is 9.59 Å². The first-order chi connectivity index (χ1) is 11.7. The van der Waals surface area contributed by atoms with E-state index < -0.39 is 0 Å². The van der Waals surface area contributed by atoms with Gasteiger partial charge >= 0.3 is 0 Å². The van der Waals surface area contributed by atoms with Gasteiger partial charge in [-0.2, -0.15) is 0 Å². The number of aromatic nitrogens is 1. The number of benzene rings is 1. The van der Waals surface area contributed by atoms with Gasteiger partial charge in [-0.1, -0.05) is 25.1 Å². The fourth-order valence-corrected chi connectivity index (χ4v) is 2.88. The zero-order chi connectivity index (χ0) is 16.9. The van der Waals surface area contributed by atoms with E-state index >= 15 is 0 Å². The Morgan fingerprint density at radius 1 is 1.25 bits per heavy atom. The van der Waals surface area contributed by atoms with Crippen LogP contribution in [0.2, 0.25) is 0 Å². The van der Waals surface area contributed by atoms with Gasteiger partial charge in [0.2, 0.25) is 11.8 Å². The van der Waals surface area contributed by atoms with Crippen molar-refractivity contribution in [3.8, 4) is 0 Å².